The van der Waals surface area contributed by atoms with E-state index in [1.165, 1.54) is 6.92 Å². The van der Waals surface area contributed by atoms with E-state index in [1.54, 1.807) is 19.2 Å². The standard InChI is InChI=1S/C28H28N2O5/c1-16(32)29-18(15-31)13-23-21-5-3-4-6-24(21)30-27(23)26-22-12-11-20(34-2)14-25(22)35-28(26)17-7-9-19(33)10-8-17/h3-12,14,18,26,28,30-31,33H,13,15H2,1-2H3,(H,29,32). The van der Waals surface area contributed by atoms with Crippen molar-refractivity contribution < 1.29 is 24.5 Å². The highest BCUT2D eigenvalue weighted by Crippen LogP contribution is 2.51. The number of aromatic nitrogens is 1. The number of amides is 1. The van der Waals surface area contributed by atoms with E-state index in [9.17, 15) is 15.0 Å². The van der Waals surface area contributed by atoms with Gasteiger partial charge in [-0.1, -0.05) is 36.4 Å². The van der Waals surface area contributed by atoms with Crippen LogP contribution in [0.3, 0.4) is 0 Å². The first-order valence-corrected chi connectivity index (χ1v) is 11.6. The topological polar surface area (TPSA) is 104 Å². The average molecular weight is 473 g/mol. The van der Waals surface area contributed by atoms with Crippen molar-refractivity contribution in [3.8, 4) is 17.2 Å². The average Bonchev–Trinajstić information content (AvgIpc) is 3.41. The molecule has 1 amide bonds. The van der Waals surface area contributed by atoms with Crippen molar-refractivity contribution in [2.75, 3.05) is 13.7 Å². The zero-order valence-electron chi connectivity index (χ0n) is 19.6. The van der Waals surface area contributed by atoms with E-state index >= 15 is 0 Å². The van der Waals surface area contributed by atoms with Gasteiger partial charge in [0.05, 0.1) is 25.7 Å². The summed E-state index contributed by atoms with van der Waals surface area (Å²) in [6.07, 6.45) is 0.109. The molecule has 3 unspecified atom stereocenters. The number of nitrogens with one attached hydrogen (secondary N) is 2. The SMILES string of the molecule is COc1ccc2c(c1)OC(c1ccc(O)cc1)C2c1[nH]c2ccccc2c1CC(CO)NC(C)=O. The second-order valence-corrected chi connectivity index (χ2v) is 8.86. The summed E-state index contributed by atoms with van der Waals surface area (Å²) in [5, 5.41) is 23.7. The number of aliphatic hydroxyl groups is 1. The summed E-state index contributed by atoms with van der Waals surface area (Å²) in [5.74, 6) is 1.26. The molecule has 3 aromatic carbocycles. The van der Waals surface area contributed by atoms with E-state index < -0.39 is 6.04 Å². The summed E-state index contributed by atoms with van der Waals surface area (Å²) < 4.78 is 11.9. The summed E-state index contributed by atoms with van der Waals surface area (Å²) in [5.41, 5.74) is 4.90. The summed E-state index contributed by atoms with van der Waals surface area (Å²) in [7, 11) is 1.62. The van der Waals surface area contributed by atoms with Crippen LogP contribution in [0.4, 0.5) is 0 Å². The molecule has 4 N–H and O–H groups in total. The third-order valence-electron chi connectivity index (χ3n) is 6.57. The molecule has 35 heavy (non-hydrogen) atoms. The van der Waals surface area contributed by atoms with E-state index in [1.807, 2.05) is 54.6 Å². The maximum atomic E-state index is 11.8. The Balaban J connectivity index is 1.68. The number of aromatic amines is 1. The number of H-pyrrole nitrogens is 1. The fourth-order valence-corrected chi connectivity index (χ4v) is 5.00. The van der Waals surface area contributed by atoms with Crippen LogP contribution in [0.5, 0.6) is 17.2 Å². The highest BCUT2D eigenvalue weighted by molar-refractivity contribution is 5.85. The molecule has 1 aliphatic rings. The van der Waals surface area contributed by atoms with Gasteiger partial charge in [0, 0.05) is 35.2 Å². The quantitative estimate of drug-likeness (QED) is 0.323. The van der Waals surface area contributed by atoms with E-state index in [0.717, 1.165) is 39.0 Å². The Hall–Kier alpha value is -3.97. The number of hydrogen-bond donors (Lipinski definition) is 4. The number of hydrogen-bond acceptors (Lipinski definition) is 5. The lowest BCUT2D eigenvalue weighted by Gasteiger charge is -2.22. The molecule has 2 heterocycles. The Bertz CT molecular complexity index is 1360. The maximum Gasteiger partial charge on any atom is 0.217 e. The lowest BCUT2D eigenvalue weighted by atomic mass is 9.85. The van der Waals surface area contributed by atoms with Crippen LogP contribution in [0.15, 0.2) is 66.7 Å². The molecule has 4 aromatic rings. The van der Waals surface area contributed by atoms with Gasteiger partial charge in [0.25, 0.3) is 0 Å². The molecule has 1 aliphatic heterocycles. The highest BCUT2D eigenvalue weighted by Gasteiger charge is 2.39. The summed E-state index contributed by atoms with van der Waals surface area (Å²) in [6.45, 7) is 1.28. The summed E-state index contributed by atoms with van der Waals surface area (Å²) >= 11 is 0. The van der Waals surface area contributed by atoms with Crippen LogP contribution in [0.2, 0.25) is 0 Å². The largest absolute Gasteiger partial charge is 0.508 e. The molecular formula is C28H28N2O5. The van der Waals surface area contributed by atoms with E-state index in [-0.39, 0.29) is 30.3 Å². The number of phenolic OH excluding ortho intramolecular Hbond substituents is 1. The van der Waals surface area contributed by atoms with Crippen molar-refractivity contribution in [2.45, 2.75) is 31.4 Å². The normalized spacial score (nSPS) is 17.6. The molecule has 5 rings (SSSR count). The molecule has 7 heteroatoms. The summed E-state index contributed by atoms with van der Waals surface area (Å²) in [6, 6.07) is 20.5. The number of rotatable bonds is 7. The van der Waals surface area contributed by atoms with Crippen LogP contribution < -0.4 is 14.8 Å². The van der Waals surface area contributed by atoms with Crippen molar-refractivity contribution in [2.24, 2.45) is 0 Å². The molecule has 0 spiro atoms. The van der Waals surface area contributed by atoms with Gasteiger partial charge >= 0.3 is 0 Å². The van der Waals surface area contributed by atoms with Crippen LogP contribution >= 0.6 is 0 Å². The predicted molar refractivity (Wildman–Crippen MR) is 133 cm³/mol. The van der Waals surface area contributed by atoms with Crippen molar-refractivity contribution in [3.63, 3.8) is 0 Å². The van der Waals surface area contributed by atoms with Gasteiger partial charge in [0.1, 0.15) is 23.4 Å². The molecule has 1 aromatic heterocycles. The van der Waals surface area contributed by atoms with Gasteiger partial charge in [-0.05, 0) is 41.8 Å². The number of carbonyl (C=O) groups excluding carboxylic acids is 1. The summed E-state index contributed by atoms with van der Waals surface area (Å²) in [4.78, 5) is 15.4. The number of carbonyl (C=O) groups is 1. The first kappa shape index (κ1) is 22.8. The third-order valence-corrected chi connectivity index (χ3v) is 6.57. The number of benzene rings is 3. The predicted octanol–water partition coefficient (Wildman–Crippen LogP) is 4.19. The Labute approximate surface area is 203 Å². The third kappa shape index (κ3) is 4.31. The number of para-hydroxylation sites is 1. The fourth-order valence-electron chi connectivity index (χ4n) is 5.00. The molecule has 0 radical (unpaired) electrons. The molecule has 0 saturated heterocycles. The Morgan fingerprint density at radius 2 is 1.91 bits per heavy atom. The molecule has 180 valence electrons. The zero-order valence-corrected chi connectivity index (χ0v) is 19.6. The van der Waals surface area contributed by atoms with Gasteiger partial charge in [-0.3, -0.25) is 4.79 Å². The monoisotopic (exact) mass is 472 g/mol. The minimum Gasteiger partial charge on any atom is -0.508 e. The van der Waals surface area contributed by atoms with Gasteiger partial charge in [-0.25, -0.2) is 0 Å². The number of ether oxygens (including phenoxy) is 2. The molecule has 0 bridgehead atoms. The zero-order chi connectivity index (χ0) is 24.5. The second-order valence-electron chi connectivity index (χ2n) is 8.86. The number of phenols is 1. The van der Waals surface area contributed by atoms with Crippen molar-refractivity contribution in [1.82, 2.24) is 10.3 Å². The number of methoxy groups -OCH3 is 1. The van der Waals surface area contributed by atoms with Crippen molar-refractivity contribution in [1.29, 1.82) is 0 Å². The molecule has 3 atom stereocenters. The van der Waals surface area contributed by atoms with Gasteiger partial charge in [0.2, 0.25) is 5.91 Å². The first-order valence-electron chi connectivity index (χ1n) is 11.6. The lowest BCUT2D eigenvalue weighted by Crippen LogP contribution is -2.37. The highest BCUT2D eigenvalue weighted by atomic mass is 16.5. The minimum atomic E-state index is -0.421. The molecule has 0 aliphatic carbocycles. The van der Waals surface area contributed by atoms with Crippen LogP contribution in [0.25, 0.3) is 10.9 Å². The number of fused-ring (bicyclic) bond motifs is 2. The fraction of sp³-hybridized carbons (Fsp3) is 0.250. The van der Waals surface area contributed by atoms with Crippen LogP contribution in [-0.2, 0) is 11.2 Å². The minimum absolute atomic E-state index is 0.172. The Morgan fingerprint density at radius 1 is 1.14 bits per heavy atom. The van der Waals surface area contributed by atoms with Gasteiger partial charge in [0.15, 0.2) is 0 Å². The van der Waals surface area contributed by atoms with Crippen molar-refractivity contribution in [3.05, 3.63) is 89.1 Å². The number of aliphatic hydroxyl groups excluding tert-OH is 1. The van der Waals surface area contributed by atoms with Gasteiger partial charge < -0.3 is 30.0 Å². The van der Waals surface area contributed by atoms with E-state index in [2.05, 4.69) is 10.3 Å². The molecular weight excluding hydrogens is 444 g/mol. The second kappa shape index (κ2) is 9.35. The Morgan fingerprint density at radius 3 is 2.63 bits per heavy atom. The maximum absolute atomic E-state index is 11.8. The van der Waals surface area contributed by atoms with Gasteiger partial charge in [-0.2, -0.15) is 0 Å². The first-order chi connectivity index (χ1) is 17.0. The van der Waals surface area contributed by atoms with Crippen LogP contribution in [0, 0.1) is 0 Å². The Kier molecular flexibility index (Phi) is 6.09. The van der Waals surface area contributed by atoms with Crippen LogP contribution in [0.1, 0.15) is 41.3 Å². The molecule has 0 fully saturated rings. The molecule has 7 nitrogen and oxygen atoms in total. The van der Waals surface area contributed by atoms with Gasteiger partial charge in [-0.15, -0.1) is 0 Å². The number of aromatic hydroxyl groups is 1. The van der Waals surface area contributed by atoms with E-state index in [0.29, 0.717) is 12.2 Å². The van der Waals surface area contributed by atoms with E-state index in [4.69, 9.17) is 9.47 Å². The molecule has 0 saturated carbocycles. The lowest BCUT2D eigenvalue weighted by molar-refractivity contribution is -0.119. The van der Waals surface area contributed by atoms with Crippen LogP contribution in [-0.4, -0.2) is 40.9 Å². The smallest absolute Gasteiger partial charge is 0.217 e. The van der Waals surface area contributed by atoms with Crippen molar-refractivity contribution >= 4 is 16.8 Å².